The molecule has 1 amide bonds. The van der Waals surface area contributed by atoms with E-state index in [9.17, 15) is 4.79 Å². The first-order chi connectivity index (χ1) is 12.3. The lowest BCUT2D eigenvalue weighted by Crippen LogP contribution is -2.36. The van der Waals surface area contributed by atoms with Gasteiger partial charge >= 0.3 is 0 Å². The maximum atomic E-state index is 12.6. The van der Waals surface area contributed by atoms with Crippen molar-refractivity contribution in [2.45, 2.75) is 25.4 Å². The van der Waals surface area contributed by atoms with Crippen LogP contribution in [0.2, 0.25) is 0 Å². The molecule has 0 spiro atoms. The van der Waals surface area contributed by atoms with E-state index in [0.29, 0.717) is 0 Å². The van der Waals surface area contributed by atoms with Crippen LogP contribution in [0.15, 0.2) is 35.2 Å². The minimum absolute atomic E-state index is 0.00207. The number of nitrogens with zero attached hydrogens (tertiary/aromatic N) is 4. The highest BCUT2D eigenvalue weighted by Crippen LogP contribution is 2.32. The van der Waals surface area contributed by atoms with E-state index in [-0.39, 0.29) is 17.7 Å². The molecule has 132 valence electrons. The summed E-state index contributed by atoms with van der Waals surface area (Å²) in [5.41, 5.74) is 1.99. The molecule has 2 aromatic heterocycles. The predicted octanol–water partition coefficient (Wildman–Crippen LogP) is 1.88. The fraction of sp³-hybridized carbons (Fsp3) is 0.500. The molecule has 25 heavy (non-hydrogen) atoms. The summed E-state index contributed by atoms with van der Waals surface area (Å²) >= 11 is 0. The highest BCUT2D eigenvalue weighted by Gasteiger charge is 2.33. The molecule has 0 N–H and O–H groups in total. The number of pyridine rings is 1. The van der Waals surface area contributed by atoms with Crippen molar-refractivity contribution in [2.24, 2.45) is 0 Å². The third kappa shape index (κ3) is 3.57. The number of hydrogen-bond donors (Lipinski definition) is 0. The molecule has 7 heteroatoms. The summed E-state index contributed by atoms with van der Waals surface area (Å²) in [4.78, 5) is 25.5. The van der Waals surface area contributed by atoms with Gasteiger partial charge in [0.1, 0.15) is 0 Å². The molecule has 2 saturated heterocycles. The van der Waals surface area contributed by atoms with Crippen LogP contribution in [0.3, 0.4) is 0 Å². The quantitative estimate of drug-likeness (QED) is 0.845. The SMILES string of the molecule is O=C(c1cnco1)N1CCCC1c1cccc(CN2CCOCC2)n1. The second kappa shape index (κ2) is 7.33. The number of morpholine rings is 1. The molecule has 0 radical (unpaired) electrons. The Kier molecular flexibility index (Phi) is 4.76. The van der Waals surface area contributed by atoms with Crippen molar-refractivity contribution in [3.63, 3.8) is 0 Å². The highest BCUT2D eigenvalue weighted by atomic mass is 16.5. The van der Waals surface area contributed by atoms with Crippen LogP contribution >= 0.6 is 0 Å². The van der Waals surface area contributed by atoms with Crippen molar-refractivity contribution in [1.29, 1.82) is 0 Å². The van der Waals surface area contributed by atoms with Crippen molar-refractivity contribution < 1.29 is 13.9 Å². The molecule has 1 atom stereocenters. The van der Waals surface area contributed by atoms with Gasteiger partial charge in [0.15, 0.2) is 6.39 Å². The molecule has 0 bridgehead atoms. The van der Waals surface area contributed by atoms with Crippen molar-refractivity contribution in [2.75, 3.05) is 32.8 Å². The third-order valence-electron chi connectivity index (χ3n) is 4.82. The normalized spacial score (nSPS) is 21.6. The van der Waals surface area contributed by atoms with Crippen LogP contribution in [0, 0.1) is 0 Å². The van der Waals surface area contributed by atoms with Crippen LogP contribution in [0.1, 0.15) is 40.8 Å². The maximum absolute atomic E-state index is 12.6. The van der Waals surface area contributed by atoms with Crippen LogP contribution in [-0.2, 0) is 11.3 Å². The Morgan fingerprint density at radius 3 is 2.92 bits per heavy atom. The smallest absolute Gasteiger partial charge is 0.291 e. The van der Waals surface area contributed by atoms with Gasteiger partial charge in [-0.2, -0.15) is 0 Å². The number of amides is 1. The molecule has 7 nitrogen and oxygen atoms in total. The van der Waals surface area contributed by atoms with E-state index < -0.39 is 0 Å². The van der Waals surface area contributed by atoms with E-state index >= 15 is 0 Å². The first-order valence-electron chi connectivity index (χ1n) is 8.76. The number of carbonyl (C=O) groups is 1. The van der Waals surface area contributed by atoms with Gasteiger partial charge in [-0.3, -0.25) is 14.7 Å². The number of likely N-dealkylation sites (tertiary alicyclic amines) is 1. The van der Waals surface area contributed by atoms with Gasteiger partial charge in [0.2, 0.25) is 5.76 Å². The van der Waals surface area contributed by atoms with Gasteiger partial charge in [0.25, 0.3) is 5.91 Å². The second-order valence-electron chi connectivity index (χ2n) is 6.46. The van der Waals surface area contributed by atoms with E-state index in [1.54, 1.807) is 0 Å². The van der Waals surface area contributed by atoms with Crippen LogP contribution in [0.4, 0.5) is 0 Å². The monoisotopic (exact) mass is 342 g/mol. The molecular formula is C18H22N4O3. The molecule has 4 rings (SSSR count). The molecule has 2 aliphatic rings. The van der Waals surface area contributed by atoms with Gasteiger partial charge in [-0.15, -0.1) is 0 Å². The predicted molar refractivity (Wildman–Crippen MR) is 89.8 cm³/mol. The molecule has 0 aromatic carbocycles. The molecule has 2 aromatic rings. The van der Waals surface area contributed by atoms with E-state index in [2.05, 4.69) is 16.0 Å². The van der Waals surface area contributed by atoms with Crippen LogP contribution in [-0.4, -0.2) is 58.5 Å². The molecule has 4 heterocycles. The van der Waals surface area contributed by atoms with Gasteiger partial charge in [-0.05, 0) is 25.0 Å². The first kappa shape index (κ1) is 16.2. The largest absolute Gasteiger partial charge is 0.438 e. The average Bonchev–Trinajstić information content (AvgIpc) is 3.34. The van der Waals surface area contributed by atoms with E-state index in [4.69, 9.17) is 14.1 Å². The zero-order valence-corrected chi connectivity index (χ0v) is 14.1. The zero-order chi connectivity index (χ0) is 17.1. The maximum Gasteiger partial charge on any atom is 0.291 e. The van der Waals surface area contributed by atoms with Crippen LogP contribution in [0.25, 0.3) is 0 Å². The second-order valence-corrected chi connectivity index (χ2v) is 6.46. The summed E-state index contributed by atoms with van der Waals surface area (Å²) in [5, 5.41) is 0. The third-order valence-corrected chi connectivity index (χ3v) is 4.82. The zero-order valence-electron chi connectivity index (χ0n) is 14.1. The molecule has 2 fully saturated rings. The van der Waals surface area contributed by atoms with E-state index in [0.717, 1.165) is 63.6 Å². The summed E-state index contributed by atoms with van der Waals surface area (Å²) in [7, 11) is 0. The van der Waals surface area contributed by atoms with Crippen molar-refractivity contribution >= 4 is 5.91 Å². The van der Waals surface area contributed by atoms with Crippen LogP contribution < -0.4 is 0 Å². The Labute approximate surface area is 146 Å². The van der Waals surface area contributed by atoms with Gasteiger partial charge in [-0.1, -0.05) is 6.07 Å². The van der Waals surface area contributed by atoms with Crippen molar-refractivity contribution in [3.8, 4) is 0 Å². The molecule has 1 unspecified atom stereocenters. The molecule has 0 aliphatic carbocycles. The Morgan fingerprint density at radius 2 is 2.12 bits per heavy atom. The van der Waals surface area contributed by atoms with E-state index in [1.165, 1.54) is 12.6 Å². The van der Waals surface area contributed by atoms with Gasteiger partial charge < -0.3 is 14.1 Å². The lowest BCUT2D eigenvalue weighted by molar-refractivity contribution is 0.0336. The molecule has 2 aliphatic heterocycles. The van der Waals surface area contributed by atoms with Gasteiger partial charge in [0, 0.05) is 26.2 Å². The Bertz CT molecular complexity index is 713. The summed E-state index contributed by atoms with van der Waals surface area (Å²) < 4.78 is 10.6. The van der Waals surface area contributed by atoms with Crippen molar-refractivity contribution in [1.82, 2.24) is 19.8 Å². The number of hydrogen-bond acceptors (Lipinski definition) is 6. The van der Waals surface area contributed by atoms with Gasteiger partial charge in [-0.25, -0.2) is 4.98 Å². The van der Waals surface area contributed by atoms with Crippen LogP contribution in [0.5, 0.6) is 0 Å². The Morgan fingerprint density at radius 1 is 1.24 bits per heavy atom. The minimum Gasteiger partial charge on any atom is -0.438 e. The summed E-state index contributed by atoms with van der Waals surface area (Å²) in [6.45, 7) is 4.97. The summed E-state index contributed by atoms with van der Waals surface area (Å²) in [5.74, 6) is 0.178. The topological polar surface area (TPSA) is 71.7 Å². The standard InChI is InChI=1S/C18H22N4O3/c23-18(17-11-19-13-25-17)22-6-2-5-16(22)15-4-1-3-14(20-15)12-21-7-9-24-10-8-21/h1,3-4,11,13,16H,2,5-10,12H2. The Hall–Kier alpha value is -2.25. The average molecular weight is 342 g/mol. The van der Waals surface area contributed by atoms with Gasteiger partial charge in [0.05, 0.1) is 36.8 Å². The minimum atomic E-state index is -0.111. The number of rotatable bonds is 4. The number of aromatic nitrogens is 2. The van der Waals surface area contributed by atoms with Crippen molar-refractivity contribution in [3.05, 3.63) is 47.9 Å². The molecule has 0 saturated carbocycles. The summed E-state index contributed by atoms with van der Waals surface area (Å²) in [6, 6.07) is 6.10. The lowest BCUT2D eigenvalue weighted by atomic mass is 10.1. The number of carbonyl (C=O) groups excluding carboxylic acids is 1. The summed E-state index contributed by atoms with van der Waals surface area (Å²) in [6.07, 6.45) is 4.66. The molecular weight excluding hydrogens is 320 g/mol. The lowest BCUT2D eigenvalue weighted by Gasteiger charge is -2.27. The Balaban J connectivity index is 1.50. The van der Waals surface area contributed by atoms with E-state index in [1.807, 2.05) is 17.0 Å². The fourth-order valence-electron chi connectivity index (χ4n) is 3.54. The number of oxazole rings is 1. The highest BCUT2D eigenvalue weighted by molar-refractivity contribution is 5.91. The first-order valence-corrected chi connectivity index (χ1v) is 8.76. The fourth-order valence-corrected chi connectivity index (χ4v) is 3.54. The number of ether oxygens (including phenoxy) is 1.